The van der Waals surface area contributed by atoms with E-state index in [1.54, 1.807) is 11.6 Å². The van der Waals surface area contributed by atoms with Gasteiger partial charge in [0.2, 0.25) is 0 Å². The number of nitrogens with zero attached hydrogens (tertiary/aromatic N) is 2. The van der Waals surface area contributed by atoms with Crippen molar-refractivity contribution in [2.45, 2.75) is 12.3 Å². The molecule has 3 aromatic rings. The summed E-state index contributed by atoms with van der Waals surface area (Å²) in [5, 5.41) is 11.1. The smallest absolute Gasteiger partial charge is 0.416 e. The molecule has 0 saturated heterocycles. The molecule has 0 radical (unpaired) electrons. The Morgan fingerprint density at radius 1 is 1.07 bits per heavy atom. The van der Waals surface area contributed by atoms with E-state index in [4.69, 9.17) is 9.84 Å². The van der Waals surface area contributed by atoms with Crippen LogP contribution in [0.2, 0.25) is 0 Å². The number of aliphatic carboxylic acids is 1. The molecule has 2 aromatic carbocycles. The monoisotopic (exact) mass is 394 g/mol. The normalized spacial score (nSPS) is 12.3. The van der Waals surface area contributed by atoms with Gasteiger partial charge in [0.1, 0.15) is 6.61 Å². The molecule has 0 spiro atoms. The maximum Gasteiger partial charge on any atom is 0.416 e. The molecule has 4 rings (SSSR count). The first-order valence-corrected chi connectivity index (χ1v) is 9.77. The lowest BCUT2D eigenvalue weighted by molar-refractivity contribution is -0.136. The Balaban J connectivity index is 1.53. The zero-order valence-corrected chi connectivity index (χ0v) is 15.8. The van der Waals surface area contributed by atoms with Crippen LogP contribution in [0.1, 0.15) is 23.5 Å². The van der Waals surface area contributed by atoms with Gasteiger partial charge in [-0.25, -0.2) is 9.78 Å². The Kier molecular flexibility index (Phi) is 5.08. The zero-order chi connectivity index (χ0) is 19.5. The highest BCUT2D eigenvalue weighted by Gasteiger charge is 2.30. The highest BCUT2D eigenvalue weighted by molar-refractivity contribution is 7.13. The maximum absolute atomic E-state index is 12.7. The van der Waals surface area contributed by atoms with E-state index in [1.807, 2.05) is 24.3 Å². The number of hydrogen-bond donors (Lipinski definition) is 1. The number of benzene rings is 2. The summed E-state index contributed by atoms with van der Waals surface area (Å²) in [4.78, 5) is 29.1. The number of carbonyl (C=O) groups is 2. The number of rotatable bonds is 6. The number of hydrogen-bond acceptors (Lipinski definition) is 5. The first kappa shape index (κ1) is 18.2. The van der Waals surface area contributed by atoms with Crippen molar-refractivity contribution in [3.05, 3.63) is 71.2 Å². The standard InChI is InChI=1S/C21H18N2O4S/c24-19(25)9-11-23(20-22-10-12-28-20)21(26)27-13-18-16-7-3-1-5-14(16)15-6-2-4-8-17(15)18/h1-8,10,12,18H,9,11,13H2,(H,24,25). The van der Waals surface area contributed by atoms with E-state index >= 15 is 0 Å². The van der Waals surface area contributed by atoms with Gasteiger partial charge in [-0.1, -0.05) is 48.5 Å². The number of amides is 1. The van der Waals surface area contributed by atoms with Gasteiger partial charge in [0.05, 0.1) is 6.42 Å². The summed E-state index contributed by atoms with van der Waals surface area (Å²) in [6, 6.07) is 16.2. The molecule has 0 saturated carbocycles. The largest absolute Gasteiger partial charge is 0.481 e. The predicted octanol–water partition coefficient (Wildman–Crippen LogP) is 4.37. The average molecular weight is 394 g/mol. The van der Waals surface area contributed by atoms with Crippen molar-refractivity contribution < 1.29 is 19.4 Å². The summed E-state index contributed by atoms with van der Waals surface area (Å²) < 4.78 is 5.62. The Hall–Kier alpha value is -3.19. The summed E-state index contributed by atoms with van der Waals surface area (Å²) in [5.74, 6) is -1.03. The van der Waals surface area contributed by atoms with Crippen molar-refractivity contribution in [1.29, 1.82) is 0 Å². The van der Waals surface area contributed by atoms with Gasteiger partial charge in [-0.05, 0) is 22.3 Å². The van der Waals surface area contributed by atoms with Crippen molar-refractivity contribution >= 4 is 28.5 Å². The van der Waals surface area contributed by atoms with Crippen LogP contribution >= 0.6 is 11.3 Å². The molecule has 1 aromatic heterocycles. The van der Waals surface area contributed by atoms with E-state index in [2.05, 4.69) is 29.2 Å². The molecule has 0 fully saturated rings. The van der Waals surface area contributed by atoms with Crippen molar-refractivity contribution in [2.75, 3.05) is 18.1 Å². The Bertz CT molecular complexity index is 958. The summed E-state index contributed by atoms with van der Waals surface area (Å²) >= 11 is 1.27. The lowest BCUT2D eigenvalue weighted by Crippen LogP contribution is -2.34. The van der Waals surface area contributed by atoms with Gasteiger partial charge in [0.15, 0.2) is 5.13 Å². The SMILES string of the molecule is O=C(O)CCN(C(=O)OCC1c2ccccc2-c2ccccc21)c1nccs1. The minimum atomic E-state index is -0.979. The molecule has 1 amide bonds. The predicted molar refractivity (Wildman–Crippen MR) is 107 cm³/mol. The van der Waals surface area contributed by atoms with Crippen LogP contribution in [-0.4, -0.2) is 35.3 Å². The maximum atomic E-state index is 12.7. The lowest BCUT2D eigenvalue weighted by Gasteiger charge is -2.20. The van der Waals surface area contributed by atoms with Crippen LogP contribution in [0.25, 0.3) is 11.1 Å². The number of thiazole rings is 1. The number of carboxylic acids is 1. The molecular weight excluding hydrogens is 376 g/mol. The van der Waals surface area contributed by atoms with Crippen LogP contribution < -0.4 is 4.90 Å². The Morgan fingerprint density at radius 2 is 1.71 bits per heavy atom. The van der Waals surface area contributed by atoms with Gasteiger partial charge in [-0.2, -0.15) is 0 Å². The molecule has 1 aliphatic rings. The lowest BCUT2D eigenvalue weighted by atomic mass is 9.98. The molecule has 0 unspecified atom stereocenters. The molecule has 0 atom stereocenters. The number of carbonyl (C=O) groups excluding carboxylic acids is 1. The van der Waals surface area contributed by atoms with Crippen molar-refractivity contribution in [3.63, 3.8) is 0 Å². The number of aromatic nitrogens is 1. The van der Waals surface area contributed by atoms with Crippen LogP contribution in [0.4, 0.5) is 9.93 Å². The zero-order valence-electron chi connectivity index (χ0n) is 14.9. The second kappa shape index (κ2) is 7.82. The summed E-state index contributed by atoms with van der Waals surface area (Å²) in [7, 11) is 0. The third-order valence-electron chi connectivity index (χ3n) is 4.76. The van der Waals surface area contributed by atoms with E-state index in [0.29, 0.717) is 5.13 Å². The van der Waals surface area contributed by atoms with Gasteiger partial charge in [-0.3, -0.25) is 9.69 Å². The van der Waals surface area contributed by atoms with E-state index in [9.17, 15) is 9.59 Å². The molecule has 0 aliphatic heterocycles. The van der Waals surface area contributed by atoms with Gasteiger partial charge in [-0.15, -0.1) is 11.3 Å². The van der Waals surface area contributed by atoms with Crippen LogP contribution in [0.5, 0.6) is 0 Å². The Morgan fingerprint density at radius 3 is 2.29 bits per heavy atom. The minimum Gasteiger partial charge on any atom is -0.481 e. The van der Waals surface area contributed by atoms with Gasteiger partial charge >= 0.3 is 12.1 Å². The average Bonchev–Trinajstić information content (AvgIpc) is 3.33. The number of carboxylic acid groups (broad SMARTS) is 1. The van der Waals surface area contributed by atoms with Gasteiger partial charge < -0.3 is 9.84 Å². The van der Waals surface area contributed by atoms with Crippen LogP contribution in [0.3, 0.4) is 0 Å². The summed E-state index contributed by atoms with van der Waals surface area (Å²) in [5.41, 5.74) is 4.56. The third-order valence-corrected chi connectivity index (χ3v) is 5.55. The first-order chi connectivity index (χ1) is 13.6. The van der Waals surface area contributed by atoms with Crippen LogP contribution in [-0.2, 0) is 9.53 Å². The van der Waals surface area contributed by atoms with E-state index in [0.717, 1.165) is 22.3 Å². The van der Waals surface area contributed by atoms with Gasteiger partial charge in [0, 0.05) is 24.0 Å². The molecule has 28 heavy (non-hydrogen) atoms. The fourth-order valence-corrected chi connectivity index (χ4v) is 4.15. The van der Waals surface area contributed by atoms with E-state index in [-0.39, 0.29) is 25.5 Å². The summed E-state index contributed by atoms with van der Waals surface area (Å²) in [6.07, 6.45) is 0.812. The molecular formula is C21H18N2O4S. The molecule has 7 heteroatoms. The van der Waals surface area contributed by atoms with E-state index < -0.39 is 12.1 Å². The number of anilines is 1. The second-order valence-corrected chi connectivity index (χ2v) is 7.29. The number of fused-ring (bicyclic) bond motifs is 3. The molecule has 6 nitrogen and oxygen atoms in total. The fourth-order valence-electron chi connectivity index (χ4n) is 3.49. The molecule has 1 N–H and O–H groups in total. The van der Waals surface area contributed by atoms with Crippen LogP contribution in [0, 0.1) is 0 Å². The van der Waals surface area contributed by atoms with Crippen molar-refractivity contribution in [1.82, 2.24) is 4.98 Å². The molecule has 0 bridgehead atoms. The minimum absolute atomic E-state index is 0.0134. The third kappa shape index (κ3) is 3.48. The molecule has 142 valence electrons. The van der Waals surface area contributed by atoms with Crippen molar-refractivity contribution in [2.24, 2.45) is 0 Å². The fraction of sp³-hybridized carbons (Fsp3) is 0.190. The van der Waals surface area contributed by atoms with Crippen molar-refractivity contribution in [3.8, 4) is 11.1 Å². The molecule has 1 aliphatic carbocycles. The first-order valence-electron chi connectivity index (χ1n) is 8.89. The van der Waals surface area contributed by atoms with Crippen LogP contribution in [0.15, 0.2) is 60.1 Å². The van der Waals surface area contributed by atoms with E-state index in [1.165, 1.54) is 16.2 Å². The number of ether oxygens (including phenoxy) is 1. The topological polar surface area (TPSA) is 79.7 Å². The quantitative estimate of drug-likeness (QED) is 0.671. The Labute approximate surface area is 166 Å². The molecule has 1 heterocycles. The highest BCUT2D eigenvalue weighted by Crippen LogP contribution is 2.44. The second-order valence-electron chi connectivity index (χ2n) is 6.41. The summed E-state index contributed by atoms with van der Waals surface area (Å²) in [6.45, 7) is 0.196. The highest BCUT2D eigenvalue weighted by atomic mass is 32.1. The van der Waals surface area contributed by atoms with Gasteiger partial charge in [0.25, 0.3) is 0 Å².